The molecule has 3 aromatic rings. The maximum absolute atomic E-state index is 11.4. The molecule has 0 aliphatic rings. The molecule has 3 rings (SSSR count). The molecule has 0 atom stereocenters. The van der Waals surface area contributed by atoms with Crippen molar-refractivity contribution >= 4 is 29.8 Å². The van der Waals surface area contributed by atoms with Gasteiger partial charge < -0.3 is 9.15 Å². The molecule has 150 valence electrons. The number of nitrogens with zero attached hydrogens (tertiary/aromatic N) is 4. The number of ether oxygens (including phenoxy) is 1. The van der Waals surface area contributed by atoms with E-state index in [-0.39, 0.29) is 18.1 Å². The van der Waals surface area contributed by atoms with Crippen LogP contribution in [0.2, 0.25) is 5.02 Å². The van der Waals surface area contributed by atoms with Gasteiger partial charge in [0.05, 0.1) is 29.6 Å². The summed E-state index contributed by atoms with van der Waals surface area (Å²) in [7, 11) is 0. The number of halogens is 1. The molecule has 0 saturated heterocycles. The van der Waals surface area contributed by atoms with Crippen LogP contribution in [0.5, 0.6) is 0 Å². The molecule has 1 aromatic carbocycles. The first kappa shape index (κ1) is 20.1. The van der Waals surface area contributed by atoms with Crippen molar-refractivity contribution in [2.24, 2.45) is 5.10 Å². The molecule has 2 heterocycles. The lowest BCUT2D eigenvalue weighted by Gasteiger charge is -2.04. The highest BCUT2D eigenvalue weighted by atomic mass is 35.5. The van der Waals surface area contributed by atoms with Crippen LogP contribution < -0.4 is 5.43 Å². The Hall–Kier alpha value is -3.66. The summed E-state index contributed by atoms with van der Waals surface area (Å²) in [5.41, 5.74) is 4.50. The monoisotopic (exact) mass is 417 g/mol. The predicted molar refractivity (Wildman–Crippen MR) is 105 cm³/mol. The Morgan fingerprint density at radius 3 is 2.90 bits per heavy atom. The Labute approximate surface area is 169 Å². The number of furan rings is 1. The third kappa shape index (κ3) is 4.61. The van der Waals surface area contributed by atoms with Crippen molar-refractivity contribution in [2.45, 2.75) is 13.8 Å². The Morgan fingerprint density at radius 1 is 1.45 bits per heavy atom. The molecule has 0 spiro atoms. The number of hydrogen-bond acceptors (Lipinski definition) is 7. The number of aromatic nitrogens is 2. The molecule has 2 aromatic heterocycles. The summed E-state index contributed by atoms with van der Waals surface area (Å²) >= 11 is 6.32. The highest BCUT2D eigenvalue weighted by Crippen LogP contribution is 2.29. The van der Waals surface area contributed by atoms with Gasteiger partial charge in [-0.3, -0.25) is 10.1 Å². The molecule has 0 bridgehead atoms. The highest BCUT2D eigenvalue weighted by Gasteiger charge is 2.19. The molecule has 0 aliphatic heterocycles. The van der Waals surface area contributed by atoms with Crippen LogP contribution in [0.15, 0.2) is 46.0 Å². The van der Waals surface area contributed by atoms with Gasteiger partial charge in [0.1, 0.15) is 10.6 Å². The van der Waals surface area contributed by atoms with Crippen molar-refractivity contribution in [2.75, 3.05) is 6.61 Å². The number of benzene rings is 1. The molecule has 1 N–H and O–H groups in total. The topological polar surface area (TPSA) is 125 Å². The normalized spacial score (nSPS) is 11.0. The van der Waals surface area contributed by atoms with Crippen molar-refractivity contribution in [3.63, 3.8) is 0 Å². The molecule has 1 amide bonds. The zero-order valence-electron chi connectivity index (χ0n) is 15.5. The third-order valence-corrected chi connectivity index (χ3v) is 4.04. The van der Waals surface area contributed by atoms with Gasteiger partial charge >= 0.3 is 12.0 Å². The summed E-state index contributed by atoms with van der Waals surface area (Å²) in [6.07, 6.45) is 2.22. The van der Waals surface area contributed by atoms with Crippen LogP contribution >= 0.6 is 11.6 Å². The van der Waals surface area contributed by atoms with Crippen LogP contribution in [0.3, 0.4) is 0 Å². The van der Waals surface area contributed by atoms with Crippen molar-refractivity contribution in [3.05, 3.63) is 62.8 Å². The lowest BCUT2D eigenvalue weighted by Crippen LogP contribution is -2.18. The average molecular weight is 418 g/mol. The molecular formula is C18H16ClN5O5. The molecule has 0 radical (unpaired) electrons. The lowest BCUT2D eigenvalue weighted by atomic mass is 10.2. The minimum absolute atomic E-state index is 0.163. The van der Waals surface area contributed by atoms with Crippen molar-refractivity contribution in [3.8, 4) is 17.1 Å². The Balaban J connectivity index is 2.01. The van der Waals surface area contributed by atoms with Gasteiger partial charge in [-0.15, -0.1) is 0 Å². The van der Waals surface area contributed by atoms with E-state index in [1.165, 1.54) is 23.0 Å². The zero-order valence-corrected chi connectivity index (χ0v) is 16.2. The van der Waals surface area contributed by atoms with Crippen LogP contribution in [0.1, 0.15) is 18.1 Å². The largest absolute Gasteiger partial charge is 0.449 e. The van der Waals surface area contributed by atoms with Crippen molar-refractivity contribution in [1.82, 2.24) is 15.2 Å². The second kappa shape index (κ2) is 8.57. The van der Waals surface area contributed by atoms with E-state index in [4.69, 9.17) is 20.8 Å². The van der Waals surface area contributed by atoms with Gasteiger partial charge in [-0.1, -0.05) is 17.7 Å². The molecule has 0 saturated carbocycles. The minimum atomic E-state index is -0.715. The van der Waals surface area contributed by atoms with E-state index in [9.17, 15) is 14.9 Å². The number of carbonyl (C=O) groups excluding carboxylic acids is 1. The van der Waals surface area contributed by atoms with E-state index >= 15 is 0 Å². The third-order valence-electron chi connectivity index (χ3n) is 3.73. The van der Waals surface area contributed by atoms with Gasteiger partial charge in [0.25, 0.3) is 0 Å². The number of nitro groups is 1. The van der Waals surface area contributed by atoms with Gasteiger partial charge in [-0.2, -0.15) is 10.2 Å². The lowest BCUT2D eigenvalue weighted by molar-refractivity contribution is -0.401. The van der Waals surface area contributed by atoms with Crippen molar-refractivity contribution < 1.29 is 18.9 Å². The number of aryl methyl sites for hydroxylation is 1. The van der Waals surface area contributed by atoms with E-state index in [0.29, 0.717) is 16.3 Å². The molecule has 0 unspecified atom stereocenters. The maximum atomic E-state index is 11.4. The van der Waals surface area contributed by atoms with Gasteiger partial charge in [-0.05, 0) is 37.6 Å². The number of amides is 1. The molecule has 0 aliphatic carbocycles. The number of hydrogen-bond donors (Lipinski definition) is 1. The minimum Gasteiger partial charge on any atom is -0.449 e. The van der Waals surface area contributed by atoms with Crippen molar-refractivity contribution in [1.29, 1.82) is 0 Å². The summed E-state index contributed by atoms with van der Waals surface area (Å²) in [6.45, 7) is 3.78. The molecule has 29 heavy (non-hydrogen) atoms. The fourth-order valence-corrected chi connectivity index (χ4v) is 2.79. The van der Waals surface area contributed by atoms with E-state index in [1.807, 2.05) is 13.0 Å². The smallest absolute Gasteiger partial charge is 0.433 e. The SMILES string of the molecule is CCOC(=O)NN=Cc1cn(-c2ccc(C)cc2Cl)nc1-c1ccc([N+](=O)[O-])o1. The number of rotatable bonds is 6. The van der Waals surface area contributed by atoms with Gasteiger partial charge in [0.2, 0.25) is 0 Å². The number of hydrazone groups is 1. The van der Waals surface area contributed by atoms with Crippen LogP contribution in [0, 0.1) is 17.0 Å². The van der Waals surface area contributed by atoms with Gasteiger partial charge in [0.15, 0.2) is 5.76 Å². The first-order valence-corrected chi connectivity index (χ1v) is 8.83. The fourth-order valence-electron chi connectivity index (χ4n) is 2.47. The fraction of sp³-hybridized carbons (Fsp3) is 0.167. The number of nitrogens with one attached hydrogen (secondary N) is 1. The maximum Gasteiger partial charge on any atom is 0.433 e. The second-order valence-corrected chi connectivity index (χ2v) is 6.23. The van der Waals surface area contributed by atoms with Gasteiger partial charge in [0, 0.05) is 11.8 Å². The van der Waals surface area contributed by atoms with E-state index < -0.39 is 16.9 Å². The summed E-state index contributed by atoms with van der Waals surface area (Å²) < 4.78 is 11.5. The zero-order chi connectivity index (χ0) is 21.0. The Bertz CT molecular complexity index is 1090. The van der Waals surface area contributed by atoms with Crippen LogP contribution in [-0.4, -0.2) is 33.6 Å². The molecular weight excluding hydrogens is 402 g/mol. The summed E-state index contributed by atoms with van der Waals surface area (Å²) in [4.78, 5) is 21.7. The Kier molecular flexibility index (Phi) is 5.93. The van der Waals surface area contributed by atoms with E-state index in [2.05, 4.69) is 15.6 Å². The summed E-state index contributed by atoms with van der Waals surface area (Å²) in [6, 6.07) is 8.10. The number of carbonyl (C=O) groups is 1. The average Bonchev–Trinajstić information content (AvgIpc) is 3.29. The highest BCUT2D eigenvalue weighted by molar-refractivity contribution is 6.32. The van der Waals surface area contributed by atoms with Crippen LogP contribution in [0.25, 0.3) is 17.1 Å². The molecule has 11 heteroatoms. The molecule has 0 fully saturated rings. The van der Waals surface area contributed by atoms with E-state index in [1.54, 1.807) is 25.3 Å². The predicted octanol–water partition coefficient (Wildman–Crippen LogP) is 4.08. The van der Waals surface area contributed by atoms with E-state index in [0.717, 1.165) is 5.56 Å². The van der Waals surface area contributed by atoms with Crippen LogP contribution in [0.4, 0.5) is 10.7 Å². The molecule has 10 nitrogen and oxygen atoms in total. The summed E-state index contributed by atoms with van der Waals surface area (Å²) in [5.74, 6) is -0.258. The summed E-state index contributed by atoms with van der Waals surface area (Å²) in [5, 5.41) is 19.6. The first-order chi connectivity index (χ1) is 13.9. The Morgan fingerprint density at radius 2 is 2.24 bits per heavy atom. The van der Waals surface area contributed by atoms with Gasteiger partial charge in [-0.25, -0.2) is 14.9 Å². The quantitative estimate of drug-likeness (QED) is 0.366. The second-order valence-electron chi connectivity index (χ2n) is 5.82. The van der Waals surface area contributed by atoms with Crippen LogP contribution in [-0.2, 0) is 4.74 Å². The standard InChI is InChI=1S/C18H16ClN5O5/c1-3-28-18(25)21-20-9-12-10-23(14-5-4-11(2)8-13(14)19)22-17(12)15-6-7-16(29-15)24(26)27/h4-10H,3H2,1-2H3,(H,21,25). The first-order valence-electron chi connectivity index (χ1n) is 8.45.